The third kappa shape index (κ3) is 2.10. The highest BCUT2D eigenvalue weighted by Crippen LogP contribution is 2.11. The lowest BCUT2D eigenvalue weighted by molar-refractivity contribution is 1.21. The Labute approximate surface area is 81.0 Å². The summed E-state index contributed by atoms with van der Waals surface area (Å²) in [5.74, 6) is -0.171. The predicted octanol–water partition coefficient (Wildman–Crippen LogP) is 1.65. The Morgan fingerprint density at radius 2 is 2.08 bits per heavy atom. The van der Waals surface area contributed by atoms with E-state index >= 15 is 0 Å². The number of nitrogens with one attached hydrogen (secondary N) is 2. The Morgan fingerprint density at radius 3 is 2.54 bits per heavy atom. The molecule has 0 bridgehead atoms. The first kappa shape index (κ1) is 9.36. The van der Waals surface area contributed by atoms with Gasteiger partial charge >= 0.3 is 0 Å². The van der Waals surface area contributed by atoms with E-state index in [4.69, 9.17) is 22.4 Å². The molecule has 1 aromatic rings. The maximum Gasteiger partial charge on any atom is 0.224 e. The van der Waals surface area contributed by atoms with Gasteiger partial charge in [-0.3, -0.25) is 10.2 Å². The second-order valence-electron chi connectivity index (χ2n) is 2.21. The van der Waals surface area contributed by atoms with Gasteiger partial charge in [-0.25, -0.2) is 4.90 Å². The van der Waals surface area contributed by atoms with Gasteiger partial charge in [-0.05, 0) is 12.1 Å². The van der Waals surface area contributed by atoms with Gasteiger partial charge < -0.3 is 0 Å². The zero-order chi connectivity index (χ0) is 9.68. The maximum atomic E-state index is 8.72. The van der Waals surface area contributed by atoms with Crippen molar-refractivity contribution in [2.75, 3.05) is 4.90 Å². The second-order valence-corrected chi connectivity index (χ2v) is 2.40. The second kappa shape index (κ2) is 4.33. The van der Waals surface area contributed by atoms with Crippen LogP contribution in [0, 0.1) is 16.9 Å². The van der Waals surface area contributed by atoms with Crippen LogP contribution in [0.1, 0.15) is 0 Å². The molecule has 0 aliphatic carbocycles. The average Bonchev–Trinajstić information content (AvgIpc) is 2.20. The Balaban J connectivity index is 2.93. The number of nitrogens with zero attached hydrogens (tertiary/aromatic N) is 2. The summed E-state index contributed by atoms with van der Waals surface area (Å²) in [5, 5.41) is 16.0. The number of guanidine groups is 1. The zero-order valence-electron chi connectivity index (χ0n) is 6.66. The molecule has 0 aliphatic heterocycles. The van der Waals surface area contributed by atoms with Gasteiger partial charge in [-0.2, -0.15) is 5.26 Å². The van der Waals surface area contributed by atoms with E-state index in [0.717, 1.165) is 4.90 Å². The van der Waals surface area contributed by atoms with E-state index in [1.165, 1.54) is 0 Å². The molecule has 0 radical (unpaired) electrons. The number of anilines is 1. The van der Waals surface area contributed by atoms with Gasteiger partial charge in [0.2, 0.25) is 5.96 Å². The average molecular weight is 195 g/mol. The molecule has 0 fully saturated rings. The third-order valence-corrected chi connectivity index (χ3v) is 1.61. The molecule has 0 saturated heterocycles. The van der Waals surface area contributed by atoms with Crippen molar-refractivity contribution in [2.24, 2.45) is 0 Å². The number of benzene rings is 1. The molecule has 0 atom stereocenters. The van der Waals surface area contributed by atoms with Crippen molar-refractivity contribution in [3.8, 4) is 6.19 Å². The van der Waals surface area contributed by atoms with E-state index in [-0.39, 0.29) is 5.96 Å². The number of rotatable bonds is 1. The van der Waals surface area contributed by atoms with E-state index in [9.17, 15) is 0 Å². The number of hydrogen-bond donors (Lipinski definition) is 2. The highest BCUT2D eigenvalue weighted by atomic mass is 35.5. The molecular formula is C8H7ClN4. The molecule has 4 nitrogen and oxygen atoms in total. The molecule has 0 unspecified atom stereocenters. The molecule has 5 heteroatoms. The molecule has 2 N–H and O–H groups in total. The molecule has 1 aromatic carbocycles. The lowest BCUT2D eigenvalue weighted by atomic mass is 10.3. The molecule has 0 amide bonds. The monoisotopic (exact) mass is 194 g/mol. The van der Waals surface area contributed by atoms with E-state index in [2.05, 4.69) is 4.84 Å². The number of hydrogen-bond acceptors (Lipinski definition) is 2. The minimum atomic E-state index is -0.171. The predicted molar refractivity (Wildman–Crippen MR) is 51.2 cm³/mol. The van der Waals surface area contributed by atoms with Crippen LogP contribution in [0.5, 0.6) is 0 Å². The van der Waals surface area contributed by atoms with Crippen molar-refractivity contribution in [1.29, 1.82) is 10.7 Å². The lowest BCUT2D eigenvalue weighted by Gasteiger charge is -2.13. The smallest absolute Gasteiger partial charge is 0.224 e. The maximum absolute atomic E-state index is 8.72. The van der Waals surface area contributed by atoms with Crippen molar-refractivity contribution in [1.82, 2.24) is 4.84 Å². The van der Waals surface area contributed by atoms with Crippen LogP contribution in [0.2, 0.25) is 0 Å². The number of nitriles is 1. The molecule has 1 rings (SSSR count). The Bertz CT molecular complexity index is 330. The summed E-state index contributed by atoms with van der Waals surface area (Å²) in [7, 11) is 0. The fraction of sp³-hybridized carbons (Fsp3) is 0. The first-order valence-corrected chi connectivity index (χ1v) is 3.87. The molecule has 13 heavy (non-hydrogen) atoms. The topological polar surface area (TPSA) is 62.9 Å². The van der Waals surface area contributed by atoms with E-state index in [1.807, 2.05) is 12.3 Å². The standard InChI is InChI=1S/C8H7ClN4/c9-12-8(11)13(6-10)7-4-2-1-3-5-7/h1-5H,(H2,11,12). The quantitative estimate of drug-likeness (QED) is 0.235. The molecule has 0 saturated carbocycles. The zero-order valence-corrected chi connectivity index (χ0v) is 7.42. The lowest BCUT2D eigenvalue weighted by Crippen LogP contribution is -2.32. The summed E-state index contributed by atoms with van der Waals surface area (Å²) in [6, 6.07) is 8.82. The molecular weight excluding hydrogens is 188 g/mol. The van der Waals surface area contributed by atoms with Gasteiger partial charge in [0.15, 0.2) is 6.19 Å². The third-order valence-electron chi connectivity index (χ3n) is 1.43. The molecule has 66 valence electrons. The largest absolute Gasteiger partial charge is 0.267 e. The molecule has 0 aromatic heterocycles. The molecule has 0 spiro atoms. The van der Waals surface area contributed by atoms with Gasteiger partial charge in [0.1, 0.15) is 0 Å². The number of para-hydroxylation sites is 1. The highest BCUT2D eigenvalue weighted by Gasteiger charge is 2.09. The summed E-state index contributed by atoms with van der Waals surface area (Å²) < 4.78 is 0. The van der Waals surface area contributed by atoms with Crippen LogP contribution in [-0.2, 0) is 0 Å². The van der Waals surface area contributed by atoms with Crippen molar-refractivity contribution in [2.45, 2.75) is 0 Å². The van der Waals surface area contributed by atoms with Crippen LogP contribution in [0.3, 0.4) is 0 Å². The van der Waals surface area contributed by atoms with Crippen molar-refractivity contribution in [3.05, 3.63) is 30.3 Å². The Morgan fingerprint density at radius 1 is 1.46 bits per heavy atom. The van der Waals surface area contributed by atoms with E-state index in [0.29, 0.717) is 5.69 Å². The van der Waals surface area contributed by atoms with Crippen molar-refractivity contribution in [3.63, 3.8) is 0 Å². The first-order valence-electron chi connectivity index (χ1n) is 3.49. The van der Waals surface area contributed by atoms with Gasteiger partial charge in [0.05, 0.1) is 5.69 Å². The first-order chi connectivity index (χ1) is 6.29. The van der Waals surface area contributed by atoms with Gasteiger partial charge in [0, 0.05) is 11.8 Å². The van der Waals surface area contributed by atoms with Crippen LogP contribution in [-0.4, -0.2) is 5.96 Å². The van der Waals surface area contributed by atoms with E-state index in [1.54, 1.807) is 24.3 Å². The van der Waals surface area contributed by atoms with Gasteiger partial charge in [-0.1, -0.05) is 18.2 Å². The minimum absolute atomic E-state index is 0.171. The number of halogens is 1. The Kier molecular flexibility index (Phi) is 3.12. The molecule has 0 aliphatic rings. The summed E-state index contributed by atoms with van der Waals surface area (Å²) in [6.45, 7) is 0. The van der Waals surface area contributed by atoms with Gasteiger partial charge in [0.25, 0.3) is 0 Å². The molecule has 0 heterocycles. The highest BCUT2D eigenvalue weighted by molar-refractivity contribution is 6.24. The van der Waals surface area contributed by atoms with Crippen LogP contribution in [0.25, 0.3) is 0 Å². The minimum Gasteiger partial charge on any atom is -0.267 e. The van der Waals surface area contributed by atoms with Crippen molar-refractivity contribution >= 4 is 23.4 Å². The fourth-order valence-electron chi connectivity index (χ4n) is 0.856. The summed E-state index contributed by atoms with van der Waals surface area (Å²) in [6.07, 6.45) is 1.83. The van der Waals surface area contributed by atoms with Crippen LogP contribution in [0.15, 0.2) is 30.3 Å². The van der Waals surface area contributed by atoms with E-state index < -0.39 is 0 Å². The van der Waals surface area contributed by atoms with Crippen molar-refractivity contribution < 1.29 is 0 Å². The van der Waals surface area contributed by atoms with Crippen LogP contribution >= 0.6 is 11.8 Å². The van der Waals surface area contributed by atoms with Crippen LogP contribution < -0.4 is 9.74 Å². The normalized spacial score (nSPS) is 8.62. The fourth-order valence-corrected chi connectivity index (χ4v) is 0.941. The summed E-state index contributed by atoms with van der Waals surface area (Å²) in [4.78, 5) is 3.15. The Hall–Kier alpha value is -1.73. The summed E-state index contributed by atoms with van der Waals surface area (Å²) in [5.41, 5.74) is 0.600. The summed E-state index contributed by atoms with van der Waals surface area (Å²) >= 11 is 5.21. The van der Waals surface area contributed by atoms with Crippen LogP contribution in [0.4, 0.5) is 5.69 Å². The van der Waals surface area contributed by atoms with Gasteiger partial charge in [-0.15, -0.1) is 0 Å². The SMILES string of the molecule is N#CN(C(=N)NCl)c1ccccc1.